The number of amides is 2. The number of anilines is 1. The summed E-state index contributed by atoms with van der Waals surface area (Å²) in [6, 6.07) is 18.4. The van der Waals surface area contributed by atoms with Crippen molar-refractivity contribution in [1.82, 2.24) is 14.7 Å². The van der Waals surface area contributed by atoms with E-state index in [0.29, 0.717) is 35.7 Å². The molecule has 0 fully saturated rings. The molecule has 2 aromatic heterocycles. The quantitative estimate of drug-likeness (QED) is 0.554. The van der Waals surface area contributed by atoms with E-state index in [1.807, 2.05) is 53.2 Å². The van der Waals surface area contributed by atoms with Crippen molar-refractivity contribution in [3.05, 3.63) is 84.2 Å². The van der Waals surface area contributed by atoms with Crippen LogP contribution in [-0.4, -0.2) is 34.4 Å². The number of nitrogens with zero attached hydrogens (tertiary/aromatic N) is 2. The van der Waals surface area contributed by atoms with Crippen molar-refractivity contribution in [3.8, 4) is 17.0 Å². The van der Waals surface area contributed by atoms with Gasteiger partial charge in [-0.1, -0.05) is 30.3 Å². The zero-order chi connectivity index (χ0) is 20.5. The molecule has 0 atom stereocenters. The van der Waals surface area contributed by atoms with Crippen LogP contribution in [0, 0.1) is 0 Å². The summed E-state index contributed by atoms with van der Waals surface area (Å²) < 4.78 is 7.40. The van der Waals surface area contributed by atoms with Gasteiger partial charge in [-0.05, 0) is 30.3 Å². The van der Waals surface area contributed by atoms with E-state index >= 15 is 0 Å². The van der Waals surface area contributed by atoms with Gasteiger partial charge in [0.1, 0.15) is 18.0 Å². The summed E-state index contributed by atoms with van der Waals surface area (Å²) in [6.45, 7) is 0.838. The minimum Gasteiger partial charge on any atom is -0.491 e. The van der Waals surface area contributed by atoms with E-state index in [9.17, 15) is 9.59 Å². The summed E-state index contributed by atoms with van der Waals surface area (Å²) in [4.78, 5) is 29.5. The summed E-state index contributed by atoms with van der Waals surface area (Å²) in [5.41, 5.74) is 4.03. The van der Waals surface area contributed by atoms with Crippen molar-refractivity contribution in [1.29, 1.82) is 0 Å². The summed E-state index contributed by atoms with van der Waals surface area (Å²) in [6.07, 6.45) is 3.73. The van der Waals surface area contributed by atoms with Crippen molar-refractivity contribution in [2.45, 2.75) is 0 Å². The van der Waals surface area contributed by atoms with Gasteiger partial charge in [0.15, 0.2) is 0 Å². The van der Waals surface area contributed by atoms with Crippen molar-refractivity contribution < 1.29 is 14.3 Å². The minimum absolute atomic E-state index is 0.245. The maximum Gasteiger partial charge on any atom is 0.255 e. The molecular weight excluding hydrogens is 380 g/mol. The number of fused-ring (bicyclic) bond motifs is 2. The normalized spacial score (nSPS) is 13.1. The predicted octanol–water partition coefficient (Wildman–Crippen LogP) is 3.38. The molecule has 0 saturated heterocycles. The van der Waals surface area contributed by atoms with Gasteiger partial charge in [0.25, 0.3) is 11.8 Å². The Balaban J connectivity index is 1.40. The molecule has 0 radical (unpaired) electrons. The first-order valence-electron chi connectivity index (χ1n) is 9.58. The van der Waals surface area contributed by atoms with Crippen LogP contribution in [0.4, 0.5) is 5.69 Å². The number of rotatable bonds is 3. The lowest BCUT2D eigenvalue weighted by Crippen LogP contribution is -2.24. The van der Waals surface area contributed by atoms with Gasteiger partial charge in [0.2, 0.25) is 0 Å². The Kier molecular flexibility index (Phi) is 4.40. The van der Waals surface area contributed by atoms with Crippen molar-refractivity contribution in [3.63, 3.8) is 0 Å². The lowest BCUT2D eigenvalue weighted by molar-refractivity contribution is 0.0957. The van der Waals surface area contributed by atoms with Gasteiger partial charge in [-0.15, -0.1) is 0 Å². The molecule has 7 heteroatoms. The predicted molar refractivity (Wildman–Crippen MR) is 113 cm³/mol. The van der Waals surface area contributed by atoms with E-state index in [-0.39, 0.29) is 11.8 Å². The molecular formula is C23H18N4O3. The Morgan fingerprint density at radius 2 is 1.93 bits per heavy atom. The average Bonchev–Trinajstić information content (AvgIpc) is 3.11. The molecule has 3 heterocycles. The van der Waals surface area contributed by atoms with Crippen LogP contribution in [0.5, 0.6) is 5.75 Å². The Morgan fingerprint density at radius 3 is 2.80 bits per heavy atom. The van der Waals surface area contributed by atoms with E-state index in [1.54, 1.807) is 24.3 Å². The highest BCUT2D eigenvalue weighted by molar-refractivity contribution is 6.07. The lowest BCUT2D eigenvalue weighted by Gasteiger charge is -2.09. The van der Waals surface area contributed by atoms with Gasteiger partial charge in [0.05, 0.1) is 23.5 Å². The number of imidazole rings is 1. The molecule has 4 aromatic rings. The molecule has 0 unspecified atom stereocenters. The molecule has 0 bridgehead atoms. The number of nitrogens with one attached hydrogen (secondary N) is 2. The number of hydrogen-bond acceptors (Lipinski definition) is 4. The monoisotopic (exact) mass is 398 g/mol. The van der Waals surface area contributed by atoms with Crippen LogP contribution >= 0.6 is 0 Å². The number of aromatic nitrogens is 2. The van der Waals surface area contributed by atoms with Crippen LogP contribution in [0.3, 0.4) is 0 Å². The maximum atomic E-state index is 12.7. The summed E-state index contributed by atoms with van der Waals surface area (Å²) >= 11 is 0. The van der Waals surface area contributed by atoms with Gasteiger partial charge in [0, 0.05) is 23.5 Å². The van der Waals surface area contributed by atoms with Crippen LogP contribution in [0.15, 0.2) is 73.1 Å². The molecule has 2 aromatic carbocycles. The fourth-order valence-corrected chi connectivity index (χ4v) is 3.41. The second-order valence-electron chi connectivity index (χ2n) is 6.94. The van der Waals surface area contributed by atoms with E-state index < -0.39 is 0 Å². The first-order chi connectivity index (χ1) is 14.7. The number of benzene rings is 2. The van der Waals surface area contributed by atoms with Gasteiger partial charge >= 0.3 is 0 Å². The van der Waals surface area contributed by atoms with Crippen LogP contribution in [0.1, 0.15) is 20.7 Å². The van der Waals surface area contributed by atoms with E-state index in [2.05, 4.69) is 15.6 Å². The third kappa shape index (κ3) is 3.37. The van der Waals surface area contributed by atoms with E-state index in [1.165, 1.54) is 0 Å². The summed E-state index contributed by atoms with van der Waals surface area (Å²) in [7, 11) is 0. The Hall–Kier alpha value is -4.13. The van der Waals surface area contributed by atoms with Crippen LogP contribution in [0.2, 0.25) is 0 Å². The fourth-order valence-electron chi connectivity index (χ4n) is 3.41. The second kappa shape index (κ2) is 7.36. The minimum atomic E-state index is -0.308. The Labute approximate surface area is 172 Å². The number of ether oxygens (including phenoxy) is 1. The highest BCUT2D eigenvalue weighted by Crippen LogP contribution is 2.23. The molecule has 7 nitrogen and oxygen atoms in total. The lowest BCUT2D eigenvalue weighted by atomic mass is 10.1. The van der Waals surface area contributed by atoms with E-state index in [0.717, 1.165) is 16.9 Å². The van der Waals surface area contributed by atoms with Crippen molar-refractivity contribution in [2.24, 2.45) is 0 Å². The van der Waals surface area contributed by atoms with E-state index in [4.69, 9.17) is 4.74 Å². The van der Waals surface area contributed by atoms with Crippen LogP contribution in [0.25, 0.3) is 16.9 Å². The molecule has 0 spiro atoms. The molecule has 0 aliphatic carbocycles. The maximum absolute atomic E-state index is 12.7. The standard InChI is InChI=1S/C23H18N4O3/c28-22(16-6-8-20-18(12-16)23(29)24-10-11-30-20)25-17-7-9-21-26-19(14-27(21)13-17)15-4-2-1-3-5-15/h1-9,12-14H,10-11H2,(H,24,29)(H,25,28). The van der Waals surface area contributed by atoms with Crippen molar-refractivity contribution >= 4 is 23.1 Å². The number of carbonyl (C=O) groups is 2. The molecule has 5 rings (SSSR count). The number of pyridine rings is 1. The largest absolute Gasteiger partial charge is 0.491 e. The van der Waals surface area contributed by atoms with Crippen LogP contribution < -0.4 is 15.4 Å². The zero-order valence-corrected chi connectivity index (χ0v) is 16.0. The summed E-state index contributed by atoms with van der Waals surface area (Å²) in [5.74, 6) is -0.0714. The SMILES string of the molecule is O=C(Nc1ccc2nc(-c3ccccc3)cn2c1)c1ccc2c(c1)C(=O)NCCO2. The van der Waals surface area contributed by atoms with Gasteiger partial charge in [-0.25, -0.2) is 4.98 Å². The van der Waals surface area contributed by atoms with Gasteiger partial charge < -0.3 is 19.8 Å². The van der Waals surface area contributed by atoms with Gasteiger partial charge in [-0.3, -0.25) is 9.59 Å². The van der Waals surface area contributed by atoms with Crippen LogP contribution in [-0.2, 0) is 0 Å². The Morgan fingerprint density at radius 1 is 1.07 bits per heavy atom. The fraction of sp³-hybridized carbons (Fsp3) is 0.0870. The highest BCUT2D eigenvalue weighted by Gasteiger charge is 2.19. The molecule has 0 saturated carbocycles. The molecule has 148 valence electrons. The molecule has 2 amide bonds. The third-order valence-corrected chi connectivity index (χ3v) is 4.91. The Bertz CT molecular complexity index is 1260. The van der Waals surface area contributed by atoms with Crippen molar-refractivity contribution in [2.75, 3.05) is 18.5 Å². The second-order valence-corrected chi connectivity index (χ2v) is 6.94. The highest BCUT2D eigenvalue weighted by atomic mass is 16.5. The number of carbonyl (C=O) groups excluding carboxylic acids is 2. The third-order valence-electron chi connectivity index (χ3n) is 4.91. The smallest absolute Gasteiger partial charge is 0.255 e. The molecule has 2 N–H and O–H groups in total. The first-order valence-corrected chi connectivity index (χ1v) is 9.58. The average molecular weight is 398 g/mol. The summed E-state index contributed by atoms with van der Waals surface area (Å²) in [5, 5.41) is 5.62. The first kappa shape index (κ1) is 17.9. The molecule has 1 aliphatic rings. The molecule has 1 aliphatic heterocycles. The number of hydrogen-bond donors (Lipinski definition) is 2. The molecule has 30 heavy (non-hydrogen) atoms. The van der Waals surface area contributed by atoms with Gasteiger partial charge in [-0.2, -0.15) is 0 Å². The zero-order valence-electron chi connectivity index (χ0n) is 16.0. The topological polar surface area (TPSA) is 84.7 Å².